The molecule has 0 aliphatic carbocycles. The SMILES string of the molecule is CCc1cccc(C(N)c2ccc(C)cc2C)c1. The van der Waals surface area contributed by atoms with Gasteiger partial charge in [-0.05, 0) is 42.5 Å². The quantitative estimate of drug-likeness (QED) is 0.863. The van der Waals surface area contributed by atoms with Crippen molar-refractivity contribution >= 4 is 0 Å². The molecular weight excluding hydrogens is 218 g/mol. The van der Waals surface area contributed by atoms with Crippen molar-refractivity contribution < 1.29 is 0 Å². The second-order valence-corrected chi connectivity index (χ2v) is 4.94. The van der Waals surface area contributed by atoms with Gasteiger partial charge in [-0.1, -0.05) is 55.0 Å². The van der Waals surface area contributed by atoms with Crippen molar-refractivity contribution in [2.24, 2.45) is 5.73 Å². The van der Waals surface area contributed by atoms with Gasteiger partial charge in [0, 0.05) is 0 Å². The summed E-state index contributed by atoms with van der Waals surface area (Å²) in [5, 5.41) is 0. The minimum absolute atomic E-state index is 0.0305. The van der Waals surface area contributed by atoms with Crippen molar-refractivity contribution in [2.45, 2.75) is 33.2 Å². The van der Waals surface area contributed by atoms with E-state index in [1.54, 1.807) is 0 Å². The van der Waals surface area contributed by atoms with Crippen LogP contribution in [0.2, 0.25) is 0 Å². The largest absolute Gasteiger partial charge is 0.320 e. The van der Waals surface area contributed by atoms with Crippen molar-refractivity contribution in [2.75, 3.05) is 0 Å². The highest BCUT2D eigenvalue weighted by molar-refractivity contribution is 5.39. The van der Waals surface area contributed by atoms with E-state index in [0.29, 0.717) is 0 Å². The van der Waals surface area contributed by atoms with Crippen LogP contribution in [0.5, 0.6) is 0 Å². The Morgan fingerprint density at radius 1 is 1.06 bits per heavy atom. The van der Waals surface area contributed by atoms with E-state index < -0.39 is 0 Å². The number of benzene rings is 2. The van der Waals surface area contributed by atoms with Crippen LogP contribution in [0.25, 0.3) is 0 Å². The summed E-state index contributed by atoms with van der Waals surface area (Å²) in [6, 6.07) is 15.0. The van der Waals surface area contributed by atoms with Gasteiger partial charge in [0.25, 0.3) is 0 Å². The van der Waals surface area contributed by atoms with Crippen molar-refractivity contribution in [3.63, 3.8) is 0 Å². The molecule has 1 atom stereocenters. The van der Waals surface area contributed by atoms with Gasteiger partial charge < -0.3 is 5.73 Å². The first-order chi connectivity index (χ1) is 8.61. The molecule has 2 N–H and O–H groups in total. The van der Waals surface area contributed by atoms with Gasteiger partial charge >= 0.3 is 0 Å². The number of rotatable bonds is 3. The minimum Gasteiger partial charge on any atom is -0.320 e. The van der Waals surface area contributed by atoms with E-state index >= 15 is 0 Å². The molecule has 0 spiro atoms. The molecule has 0 saturated carbocycles. The Hall–Kier alpha value is -1.60. The van der Waals surface area contributed by atoms with Gasteiger partial charge in [0.1, 0.15) is 0 Å². The van der Waals surface area contributed by atoms with E-state index in [1.165, 1.54) is 27.8 Å². The summed E-state index contributed by atoms with van der Waals surface area (Å²) < 4.78 is 0. The van der Waals surface area contributed by atoms with Crippen molar-refractivity contribution in [1.82, 2.24) is 0 Å². The standard InChI is InChI=1S/C17H21N/c1-4-14-6-5-7-15(11-14)17(18)16-9-8-12(2)10-13(16)3/h5-11,17H,4,18H2,1-3H3. The maximum absolute atomic E-state index is 6.39. The molecule has 0 aliphatic heterocycles. The molecular formula is C17H21N. The van der Waals surface area contributed by atoms with Crippen molar-refractivity contribution in [1.29, 1.82) is 0 Å². The van der Waals surface area contributed by atoms with Gasteiger partial charge in [-0.2, -0.15) is 0 Å². The van der Waals surface area contributed by atoms with Gasteiger partial charge in [0.15, 0.2) is 0 Å². The van der Waals surface area contributed by atoms with E-state index in [9.17, 15) is 0 Å². The van der Waals surface area contributed by atoms with E-state index in [-0.39, 0.29) is 6.04 Å². The van der Waals surface area contributed by atoms with Gasteiger partial charge in [-0.3, -0.25) is 0 Å². The Kier molecular flexibility index (Phi) is 3.83. The zero-order valence-corrected chi connectivity index (χ0v) is 11.4. The maximum Gasteiger partial charge on any atom is 0.0554 e. The fourth-order valence-corrected chi connectivity index (χ4v) is 2.36. The fraction of sp³-hybridized carbons (Fsp3) is 0.294. The Labute approximate surface area is 110 Å². The van der Waals surface area contributed by atoms with Crippen molar-refractivity contribution in [3.8, 4) is 0 Å². The molecule has 0 aliphatic rings. The smallest absolute Gasteiger partial charge is 0.0554 e. The molecule has 0 saturated heterocycles. The lowest BCUT2D eigenvalue weighted by Crippen LogP contribution is -2.13. The van der Waals surface area contributed by atoms with Gasteiger partial charge in [-0.15, -0.1) is 0 Å². The van der Waals surface area contributed by atoms with E-state index in [4.69, 9.17) is 5.73 Å². The van der Waals surface area contributed by atoms with Crippen LogP contribution in [0.4, 0.5) is 0 Å². The molecule has 2 aromatic rings. The topological polar surface area (TPSA) is 26.0 Å². The second-order valence-electron chi connectivity index (χ2n) is 4.94. The molecule has 0 amide bonds. The Morgan fingerprint density at radius 2 is 1.83 bits per heavy atom. The zero-order valence-electron chi connectivity index (χ0n) is 11.4. The normalized spacial score (nSPS) is 12.4. The third-order valence-electron chi connectivity index (χ3n) is 3.48. The lowest BCUT2D eigenvalue weighted by molar-refractivity contribution is 0.857. The Bertz CT molecular complexity index is 543. The summed E-state index contributed by atoms with van der Waals surface area (Å²) in [5.74, 6) is 0. The molecule has 1 unspecified atom stereocenters. The summed E-state index contributed by atoms with van der Waals surface area (Å²) in [7, 11) is 0. The highest BCUT2D eigenvalue weighted by Crippen LogP contribution is 2.24. The Balaban J connectivity index is 2.37. The van der Waals surface area contributed by atoms with Gasteiger partial charge in [0.2, 0.25) is 0 Å². The maximum atomic E-state index is 6.39. The zero-order chi connectivity index (χ0) is 13.1. The number of hydrogen-bond donors (Lipinski definition) is 1. The lowest BCUT2D eigenvalue weighted by Gasteiger charge is -2.16. The van der Waals surface area contributed by atoms with E-state index in [0.717, 1.165) is 6.42 Å². The average molecular weight is 239 g/mol. The van der Waals surface area contributed by atoms with E-state index in [2.05, 4.69) is 63.2 Å². The molecule has 18 heavy (non-hydrogen) atoms. The van der Waals surface area contributed by atoms with Crippen LogP contribution in [0, 0.1) is 13.8 Å². The molecule has 0 heterocycles. The van der Waals surface area contributed by atoms with Crippen molar-refractivity contribution in [3.05, 3.63) is 70.3 Å². The highest BCUT2D eigenvalue weighted by atomic mass is 14.6. The summed E-state index contributed by atoms with van der Waals surface area (Å²) in [5.41, 5.74) is 12.7. The number of nitrogens with two attached hydrogens (primary N) is 1. The molecule has 0 aromatic heterocycles. The molecule has 0 fully saturated rings. The first-order valence-corrected chi connectivity index (χ1v) is 6.53. The molecule has 0 bridgehead atoms. The molecule has 2 aromatic carbocycles. The predicted octanol–water partition coefficient (Wildman–Crippen LogP) is 3.91. The predicted molar refractivity (Wildman–Crippen MR) is 77.8 cm³/mol. The summed E-state index contributed by atoms with van der Waals surface area (Å²) in [6.45, 7) is 6.41. The van der Waals surface area contributed by atoms with Crippen LogP contribution in [-0.4, -0.2) is 0 Å². The second kappa shape index (κ2) is 5.36. The van der Waals surface area contributed by atoms with Gasteiger partial charge in [0.05, 0.1) is 6.04 Å². The van der Waals surface area contributed by atoms with Crippen LogP contribution in [0.1, 0.15) is 40.8 Å². The Morgan fingerprint density at radius 3 is 2.50 bits per heavy atom. The molecule has 0 radical (unpaired) electrons. The summed E-state index contributed by atoms with van der Waals surface area (Å²) in [6.07, 6.45) is 1.05. The van der Waals surface area contributed by atoms with Crippen LogP contribution < -0.4 is 5.73 Å². The fourth-order valence-electron chi connectivity index (χ4n) is 2.36. The summed E-state index contributed by atoms with van der Waals surface area (Å²) >= 11 is 0. The van der Waals surface area contributed by atoms with Crippen LogP contribution >= 0.6 is 0 Å². The first kappa shape index (κ1) is 12.8. The highest BCUT2D eigenvalue weighted by Gasteiger charge is 2.11. The lowest BCUT2D eigenvalue weighted by atomic mass is 9.93. The first-order valence-electron chi connectivity index (χ1n) is 6.53. The number of hydrogen-bond acceptors (Lipinski definition) is 1. The molecule has 1 heteroatoms. The third kappa shape index (κ3) is 2.62. The third-order valence-corrected chi connectivity index (χ3v) is 3.48. The summed E-state index contributed by atoms with van der Waals surface area (Å²) in [4.78, 5) is 0. The number of aryl methyl sites for hydroxylation is 3. The van der Waals surface area contributed by atoms with Crippen LogP contribution in [-0.2, 0) is 6.42 Å². The van der Waals surface area contributed by atoms with Crippen LogP contribution in [0.15, 0.2) is 42.5 Å². The van der Waals surface area contributed by atoms with Crippen LogP contribution in [0.3, 0.4) is 0 Å². The minimum atomic E-state index is -0.0305. The van der Waals surface area contributed by atoms with E-state index in [1.807, 2.05) is 0 Å². The average Bonchev–Trinajstić information content (AvgIpc) is 2.38. The molecule has 94 valence electrons. The monoisotopic (exact) mass is 239 g/mol. The molecule has 2 rings (SSSR count). The van der Waals surface area contributed by atoms with Gasteiger partial charge in [-0.25, -0.2) is 0 Å². The molecule has 1 nitrogen and oxygen atoms in total.